The van der Waals surface area contributed by atoms with Gasteiger partial charge in [-0.1, -0.05) is 42.5 Å². The van der Waals surface area contributed by atoms with Gasteiger partial charge in [0, 0.05) is 30.3 Å². The maximum absolute atomic E-state index is 11.2. The van der Waals surface area contributed by atoms with Gasteiger partial charge in [0.25, 0.3) is 5.69 Å². The van der Waals surface area contributed by atoms with E-state index in [2.05, 4.69) is 4.98 Å². The molecule has 0 spiro atoms. The first-order valence-electron chi connectivity index (χ1n) is 9.99. The third kappa shape index (κ3) is 3.69. The molecule has 0 saturated heterocycles. The molecule has 2 aromatic carbocycles. The number of furan rings is 1. The number of hydrogen-bond acceptors (Lipinski definition) is 6. The summed E-state index contributed by atoms with van der Waals surface area (Å²) < 4.78 is 6.98. The Hall–Kier alpha value is -4.46. The van der Waals surface area contributed by atoms with E-state index >= 15 is 0 Å². The Morgan fingerprint density at radius 2 is 1.81 bits per heavy atom. The van der Waals surface area contributed by atoms with Gasteiger partial charge in [-0.15, -0.1) is 0 Å². The SMILES string of the molecule is O=[N+]([O-])c1cccc(-c2cn3c(O)c(Cc4ccco4)nc3c(Cc3ccccc3)n2)c1. The van der Waals surface area contributed by atoms with E-state index in [9.17, 15) is 15.2 Å². The van der Waals surface area contributed by atoms with Crippen LogP contribution in [0.3, 0.4) is 0 Å². The van der Waals surface area contributed by atoms with Gasteiger partial charge in [0.1, 0.15) is 11.5 Å². The van der Waals surface area contributed by atoms with E-state index in [1.165, 1.54) is 12.1 Å². The first-order valence-corrected chi connectivity index (χ1v) is 9.99. The van der Waals surface area contributed by atoms with Gasteiger partial charge in [-0.2, -0.15) is 0 Å². The molecule has 158 valence electrons. The molecule has 0 unspecified atom stereocenters. The highest BCUT2D eigenvalue weighted by Crippen LogP contribution is 2.29. The Morgan fingerprint density at radius 1 is 0.969 bits per heavy atom. The lowest BCUT2D eigenvalue weighted by Crippen LogP contribution is -2.01. The van der Waals surface area contributed by atoms with E-state index in [1.807, 2.05) is 36.4 Å². The fraction of sp³-hybridized carbons (Fsp3) is 0.0833. The van der Waals surface area contributed by atoms with Gasteiger partial charge >= 0.3 is 0 Å². The van der Waals surface area contributed by atoms with Crippen LogP contribution in [0.4, 0.5) is 5.69 Å². The fourth-order valence-corrected chi connectivity index (χ4v) is 3.67. The lowest BCUT2D eigenvalue weighted by molar-refractivity contribution is -0.384. The maximum atomic E-state index is 11.2. The smallest absolute Gasteiger partial charge is 0.270 e. The number of nitrogens with zero attached hydrogens (tertiary/aromatic N) is 4. The summed E-state index contributed by atoms with van der Waals surface area (Å²) in [6, 6.07) is 19.7. The van der Waals surface area contributed by atoms with Crippen LogP contribution in [0, 0.1) is 10.1 Å². The summed E-state index contributed by atoms with van der Waals surface area (Å²) >= 11 is 0. The number of aromatic nitrogens is 3. The summed E-state index contributed by atoms with van der Waals surface area (Å²) in [6.45, 7) is 0. The molecule has 8 nitrogen and oxygen atoms in total. The van der Waals surface area contributed by atoms with Gasteiger partial charge in [-0.05, 0) is 17.7 Å². The largest absolute Gasteiger partial charge is 0.493 e. The van der Waals surface area contributed by atoms with E-state index in [0.717, 1.165) is 5.56 Å². The van der Waals surface area contributed by atoms with Crippen LogP contribution in [0.5, 0.6) is 5.88 Å². The molecule has 0 atom stereocenters. The van der Waals surface area contributed by atoms with Gasteiger partial charge in [-0.3, -0.25) is 14.5 Å². The summed E-state index contributed by atoms with van der Waals surface area (Å²) in [6.07, 6.45) is 4.04. The van der Waals surface area contributed by atoms with Gasteiger partial charge in [0.15, 0.2) is 5.65 Å². The van der Waals surface area contributed by atoms with E-state index in [0.29, 0.717) is 46.9 Å². The molecule has 1 N–H and O–H groups in total. The predicted molar refractivity (Wildman–Crippen MR) is 118 cm³/mol. The van der Waals surface area contributed by atoms with Crippen molar-refractivity contribution in [1.29, 1.82) is 0 Å². The minimum atomic E-state index is -0.441. The molecule has 3 aromatic heterocycles. The number of fused-ring (bicyclic) bond motifs is 1. The average Bonchev–Trinajstić information content (AvgIpc) is 3.43. The average molecular weight is 426 g/mol. The van der Waals surface area contributed by atoms with Crippen molar-refractivity contribution < 1.29 is 14.4 Å². The van der Waals surface area contributed by atoms with Crippen LogP contribution < -0.4 is 0 Å². The molecule has 0 fully saturated rings. The topological polar surface area (TPSA) is 107 Å². The van der Waals surface area contributed by atoms with Gasteiger partial charge in [0.2, 0.25) is 5.88 Å². The number of imidazole rings is 1. The summed E-state index contributed by atoms with van der Waals surface area (Å²) in [5.41, 5.74) is 3.74. The molecule has 3 heterocycles. The Morgan fingerprint density at radius 3 is 2.56 bits per heavy atom. The number of nitro groups is 1. The van der Waals surface area contributed by atoms with E-state index in [1.54, 1.807) is 35.1 Å². The van der Waals surface area contributed by atoms with Crippen molar-refractivity contribution in [1.82, 2.24) is 14.4 Å². The quantitative estimate of drug-likeness (QED) is 0.309. The van der Waals surface area contributed by atoms with Crippen LogP contribution >= 0.6 is 0 Å². The normalized spacial score (nSPS) is 11.1. The summed E-state index contributed by atoms with van der Waals surface area (Å²) in [7, 11) is 0. The predicted octanol–water partition coefficient (Wildman–Crippen LogP) is 4.78. The molecule has 0 aliphatic heterocycles. The lowest BCUT2D eigenvalue weighted by Gasteiger charge is -2.08. The summed E-state index contributed by atoms with van der Waals surface area (Å²) in [5.74, 6) is 0.667. The van der Waals surface area contributed by atoms with Crippen molar-refractivity contribution >= 4 is 11.3 Å². The Kier molecular flexibility index (Phi) is 4.87. The van der Waals surface area contributed by atoms with Crippen molar-refractivity contribution in [2.45, 2.75) is 12.8 Å². The standard InChI is InChI=1S/C24H18N4O4/c29-24-21(14-19-10-5-11-32-19)26-23-20(12-16-6-2-1-3-7-16)25-22(15-27(23)24)17-8-4-9-18(13-17)28(30)31/h1-11,13,15,29H,12,14H2. The molecular formula is C24H18N4O4. The fourth-order valence-electron chi connectivity index (χ4n) is 3.67. The second kappa shape index (κ2) is 7.99. The van der Waals surface area contributed by atoms with Crippen molar-refractivity contribution in [3.63, 3.8) is 0 Å². The molecule has 0 amide bonds. The minimum Gasteiger partial charge on any atom is -0.493 e. The first-order chi connectivity index (χ1) is 15.6. The zero-order valence-corrected chi connectivity index (χ0v) is 16.9. The third-order valence-corrected chi connectivity index (χ3v) is 5.21. The number of aromatic hydroxyl groups is 1. The van der Waals surface area contributed by atoms with Crippen molar-refractivity contribution in [3.8, 4) is 17.1 Å². The van der Waals surface area contributed by atoms with Crippen LogP contribution in [-0.2, 0) is 12.8 Å². The minimum absolute atomic E-state index is 0.0141. The first kappa shape index (κ1) is 19.5. The zero-order valence-electron chi connectivity index (χ0n) is 16.9. The highest BCUT2D eigenvalue weighted by atomic mass is 16.6. The number of hydrogen-bond donors (Lipinski definition) is 1. The van der Waals surface area contributed by atoms with Crippen LogP contribution in [0.25, 0.3) is 16.9 Å². The van der Waals surface area contributed by atoms with Crippen LogP contribution in [0.1, 0.15) is 22.7 Å². The van der Waals surface area contributed by atoms with E-state index in [4.69, 9.17) is 9.40 Å². The molecule has 32 heavy (non-hydrogen) atoms. The highest BCUT2D eigenvalue weighted by Gasteiger charge is 2.19. The number of rotatable bonds is 6. The molecule has 8 heteroatoms. The van der Waals surface area contributed by atoms with Gasteiger partial charge in [0.05, 0.1) is 29.0 Å². The number of benzene rings is 2. The van der Waals surface area contributed by atoms with Crippen LogP contribution in [0.15, 0.2) is 83.6 Å². The van der Waals surface area contributed by atoms with Crippen LogP contribution in [-0.4, -0.2) is 24.4 Å². The second-order valence-corrected chi connectivity index (χ2v) is 7.37. The second-order valence-electron chi connectivity index (χ2n) is 7.37. The van der Waals surface area contributed by atoms with E-state index < -0.39 is 4.92 Å². The number of non-ortho nitro benzene ring substituents is 1. The van der Waals surface area contributed by atoms with Gasteiger partial charge < -0.3 is 9.52 Å². The molecule has 0 radical (unpaired) electrons. The van der Waals surface area contributed by atoms with Crippen molar-refractivity contribution in [2.24, 2.45) is 0 Å². The summed E-state index contributed by atoms with van der Waals surface area (Å²) in [5, 5.41) is 22.2. The number of nitro benzene ring substituents is 1. The lowest BCUT2D eigenvalue weighted by atomic mass is 10.1. The zero-order chi connectivity index (χ0) is 22.1. The van der Waals surface area contributed by atoms with Crippen molar-refractivity contribution in [3.05, 3.63) is 112 Å². The molecule has 5 aromatic rings. The highest BCUT2D eigenvalue weighted by molar-refractivity contribution is 5.65. The molecular weight excluding hydrogens is 408 g/mol. The van der Waals surface area contributed by atoms with Crippen LogP contribution in [0.2, 0.25) is 0 Å². The summed E-state index contributed by atoms with van der Waals surface area (Å²) in [4.78, 5) is 20.2. The molecule has 5 rings (SSSR count). The monoisotopic (exact) mass is 426 g/mol. The van der Waals surface area contributed by atoms with E-state index in [-0.39, 0.29) is 11.6 Å². The molecule has 0 aliphatic rings. The van der Waals surface area contributed by atoms with Crippen molar-refractivity contribution in [2.75, 3.05) is 0 Å². The van der Waals surface area contributed by atoms with Gasteiger partial charge in [-0.25, -0.2) is 9.97 Å². The Labute approximate surface area is 182 Å². The third-order valence-electron chi connectivity index (χ3n) is 5.21. The molecule has 0 bridgehead atoms. The maximum Gasteiger partial charge on any atom is 0.270 e. The molecule has 0 aliphatic carbocycles. The molecule has 0 saturated carbocycles. The Balaban J connectivity index is 1.67. The Bertz CT molecular complexity index is 1410.